The van der Waals surface area contributed by atoms with Crippen molar-refractivity contribution in [3.05, 3.63) is 30.2 Å². The molecule has 96 valence electrons. The lowest BCUT2D eigenvalue weighted by Crippen LogP contribution is -2.27. The van der Waals surface area contributed by atoms with E-state index in [0.29, 0.717) is 0 Å². The average molecular weight is 247 g/mol. The summed E-state index contributed by atoms with van der Waals surface area (Å²) in [6.45, 7) is 7.41. The van der Waals surface area contributed by atoms with Crippen molar-refractivity contribution in [2.24, 2.45) is 0 Å². The molecule has 18 heavy (non-hydrogen) atoms. The summed E-state index contributed by atoms with van der Waals surface area (Å²) in [6.07, 6.45) is 3.12. The van der Waals surface area contributed by atoms with E-state index in [-0.39, 0.29) is 0 Å². The van der Waals surface area contributed by atoms with Crippen LogP contribution in [0.5, 0.6) is 0 Å². The molecular weight excluding hydrogens is 230 g/mol. The van der Waals surface area contributed by atoms with E-state index in [0.717, 1.165) is 17.0 Å². The number of imidazole rings is 1. The molecule has 2 heterocycles. The van der Waals surface area contributed by atoms with Crippen LogP contribution in [0.4, 0.5) is 10.5 Å². The molecule has 2 aromatic rings. The molecule has 1 amide bonds. The van der Waals surface area contributed by atoms with Gasteiger partial charge in [-0.15, -0.1) is 0 Å². The van der Waals surface area contributed by atoms with Gasteiger partial charge in [-0.05, 0) is 39.8 Å². The zero-order chi connectivity index (χ0) is 13.3. The first kappa shape index (κ1) is 12.4. The quantitative estimate of drug-likeness (QED) is 0.842. The number of carbonyl (C=O) groups is 1. The number of carbonyl (C=O) groups excluding carboxylic acids is 1. The average Bonchev–Trinajstić information content (AvgIpc) is 2.68. The van der Waals surface area contributed by atoms with Crippen molar-refractivity contribution in [3.63, 3.8) is 0 Å². The van der Waals surface area contributed by atoms with E-state index in [1.807, 2.05) is 50.4 Å². The minimum Gasteiger partial charge on any atom is -0.444 e. The van der Waals surface area contributed by atoms with Crippen molar-refractivity contribution in [2.75, 3.05) is 5.32 Å². The number of hydrogen-bond acceptors (Lipinski definition) is 3. The van der Waals surface area contributed by atoms with Crippen LogP contribution in [0.15, 0.2) is 24.5 Å². The number of nitrogens with zero attached hydrogens (tertiary/aromatic N) is 2. The summed E-state index contributed by atoms with van der Waals surface area (Å²) < 4.78 is 7.12. The van der Waals surface area contributed by atoms with Gasteiger partial charge in [0.25, 0.3) is 0 Å². The fourth-order valence-electron chi connectivity index (χ4n) is 1.68. The maximum atomic E-state index is 11.7. The number of aryl methyl sites for hydroxylation is 1. The Labute approximate surface area is 106 Å². The van der Waals surface area contributed by atoms with Crippen LogP contribution in [-0.2, 0) is 4.74 Å². The maximum absolute atomic E-state index is 11.7. The minimum atomic E-state index is -0.503. The fraction of sp³-hybridized carbons (Fsp3) is 0.385. The van der Waals surface area contributed by atoms with Gasteiger partial charge in [-0.1, -0.05) is 0 Å². The fourth-order valence-corrected chi connectivity index (χ4v) is 1.68. The first-order valence-electron chi connectivity index (χ1n) is 5.79. The van der Waals surface area contributed by atoms with Gasteiger partial charge < -0.3 is 9.14 Å². The molecule has 1 N–H and O–H groups in total. The van der Waals surface area contributed by atoms with Crippen LogP contribution >= 0.6 is 0 Å². The Morgan fingerprint density at radius 3 is 2.78 bits per heavy atom. The van der Waals surface area contributed by atoms with Gasteiger partial charge in [0.1, 0.15) is 11.2 Å². The SMILES string of the molecule is Cc1c(NC(=O)OC(C)(C)C)ccc2nccn12. The molecule has 0 spiro atoms. The van der Waals surface area contributed by atoms with E-state index < -0.39 is 11.7 Å². The van der Waals surface area contributed by atoms with Crippen LogP contribution < -0.4 is 5.32 Å². The van der Waals surface area contributed by atoms with E-state index in [1.54, 1.807) is 6.20 Å². The predicted octanol–water partition coefficient (Wildman–Crippen LogP) is 2.99. The lowest BCUT2D eigenvalue weighted by atomic mass is 10.2. The van der Waals surface area contributed by atoms with Gasteiger partial charge in [-0.25, -0.2) is 9.78 Å². The normalized spacial score (nSPS) is 11.6. The first-order chi connectivity index (χ1) is 8.37. The van der Waals surface area contributed by atoms with Crippen molar-refractivity contribution < 1.29 is 9.53 Å². The van der Waals surface area contributed by atoms with Gasteiger partial charge in [0, 0.05) is 18.1 Å². The van der Waals surface area contributed by atoms with E-state index in [1.165, 1.54) is 0 Å². The van der Waals surface area contributed by atoms with Crippen LogP contribution in [0, 0.1) is 6.92 Å². The highest BCUT2D eigenvalue weighted by atomic mass is 16.6. The molecule has 0 bridgehead atoms. The van der Waals surface area contributed by atoms with E-state index >= 15 is 0 Å². The monoisotopic (exact) mass is 247 g/mol. The Morgan fingerprint density at radius 2 is 2.11 bits per heavy atom. The standard InChI is InChI=1S/C13H17N3O2/c1-9-10(15-12(17)18-13(2,3)4)5-6-11-14-7-8-16(9)11/h5-8H,1-4H3,(H,15,17). The molecule has 0 aliphatic rings. The minimum absolute atomic E-state index is 0.454. The highest BCUT2D eigenvalue weighted by Crippen LogP contribution is 2.18. The number of pyridine rings is 1. The van der Waals surface area contributed by atoms with Crippen LogP contribution in [0.1, 0.15) is 26.5 Å². The zero-order valence-electron chi connectivity index (χ0n) is 11.0. The van der Waals surface area contributed by atoms with Crippen molar-refractivity contribution >= 4 is 17.4 Å². The molecule has 5 heteroatoms. The second kappa shape index (κ2) is 4.33. The molecule has 0 atom stereocenters. The van der Waals surface area contributed by atoms with Gasteiger partial charge >= 0.3 is 6.09 Å². The van der Waals surface area contributed by atoms with Crippen LogP contribution in [0.3, 0.4) is 0 Å². The number of rotatable bonds is 1. The van der Waals surface area contributed by atoms with Crippen molar-refractivity contribution in [3.8, 4) is 0 Å². The molecule has 0 aromatic carbocycles. The van der Waals surface area contributed by atoms with Gasteiger partial charge in [0.2, 0.25) is 0 Å². The number of aromatic nitrogens is 2. The van der Waals surface area contributed by atoms with E-state index in [4.69, 9.17) is 4.74 Å². The zero-order valence-corrected chi connectivity index (χ0v) is 11.0. The van der Waals surface area contributed by atoms with E-state index in [2.05, 4.69) is 10.3 Å². The number of ether oxygens (including phenoxy) is 1. The van der Waals surface area contributed by atoms with Gasteiger partial charge in [-0.2, -0.15) is 0 Å². The first-order valence-corrected chi connectivity index (χ1v) is 5.79. The molecule has 2 aromatic heterocycles. The second-order valence-corrected chi connectivity index (χ2v) is 5.11. The molecule has 2 rings (SSSR count). The summed E-state index contributed by atoms with van der Waals surface area (Å²) in [5, 5.41) is 2.74. The number of fused-ring (bicyclic) bond motifs is 1. The smallest absolute Gasteiger partial charge is 0.412 e. The molecule has 5 nitrogen and oxygen atoms in total. The van der Waals surface area contributed by atoms with Crippen molar-refractivity contribution in [1.82, 2.24) is 9.38 Å². The highest BCUT2D eigenvalue weighted by molar-refractivity contribution is 5.85. The van der Waals surface area contributed by atoms with Gasteiger partial charge in [0.15, 0.2) is 0 Å². The summed E-state index contributed by atoms with van der Waals surface area (Å²) in [6, 6.07) is 3.67. The molecule has 0 radical (unpaired) electrons. The number of anilines is 1. The van der Waals surface area contributed by atoms with Gasteiger partial charge in [-0.3, -0.25) is 5.32 Å². The topological polar surface area (TPSA) is 55.6 Å². The third-order valence-electron chi connectivity index (χ3n) is 2.46. The van der Waals surface area contributed by atoms with Crippen molar-refractivity contribution in [2.45, 2.75) is 33.3 Å². The maximum Gasteiger partial charge on any atom is 0.412 e. The molecule has 0 fully saturated rings. The summed E-state index contributed by atoms with van der Waals surface area (Å²) in [7, 11) is 0. The summed E-state index contributed by atoms with van der Waals surface area (Å²) >= 11 is 0. The summed E-state index contributed by atoms with van der Waals surface area (Å²) in [4.78, 5) is 15.9. The molecule has 0 unspecified atom stereocenters. The van der Waals surface area contributed by atoms with Gasteiger partial charge in [0.05, 0.1) is 5.69 Å². The number of hydrogen-bond donors (Lipinski definition) is 1. The van der Waals surface area contributed by atoms with Crippen LogP contribution in [0.25, 0.3) is 5.65 Å². The Hall–Kier alpha value is -2.04. The Kier molecular flexibility index (Phi) is 2.98. The summed E-state index contributed by atoms with van der Waals surface area (Å²) in [5.74, 6) is 0. The van der Waals surface area contributed by atoms with Crippen LogP contribution in [0.2, 0.25) is 0 Å². The predicted molar refractivity (Wildman–Crippen MR) is 69.8 cm³/mol. The number of nitrogens with one attached hydrogen (secondary N) is 1. The lowest BCUT2D eigenvalue weighted by molar-refractivity contribution is 0.0635. The summed E-state index contributed by atoms with van der Waals surface area (Å²) in [5.41, 5.74) is 1.98. The second-order valence-electron chi connectivity index (χ2n) is 5.11. The lowest BCUT2D eigenvalue weighted by Gasteiger charge is -2.20. The molecule has 0 aliphatic carbocycles. The Balaban J connectivity index is 2.21. The highest BCUT2D eigenvalue weighted by Gasteiger charge is 2.17. The third-order valence-corrected chi connectivity index (χ3v) is 2.46. The Morgan fingerprint density at radius 1 is 1.39 bits per heavy atom. The molecule has 0 saturated heterocycles. The Bertz CT molecular complexity index is 581. The largest absolute Gasteiger partial charge is 0.444 e. The van der Waals surface area contributed by atoms with E-state index in [9.17, 15) is 4.79 Å². The molecule has 0 saturated carbocycles. The third kappa shape index (κ3) is 2.61. The molecule has 0 aliphatic heterocycles. The van der Waals surface area contributed by atoms with Crippen molar-refractivity contribution in [1.29, 1.82) is 0 Å². The molecular formula is C13H17N3O2. The van der Waals surface area contributed by atoms with Crippen LogP contribution in [-0.4, -0.2) is 21.1 Å². The number of amides is 1.